The molecule has 0 aliphatic heterocycles. The number of alkyl halides is 5. The lowest BCUT2D eigenvalue weighted by Gasteiger charge is -2.15. The van der Waals surface area contributed by atoms with Gasteiger partial charge in [-0.05, 0) is 32.8 Å². The van der Waals surface area contributed by atoms with Crippen LogP contribution in [0.3, 0.4) is 0 Å². The Hall–Kier alpha value is -4.43. The molecule has 1 aliphatic carbocycles. The first kappa shape index (κ1) is 28.1. The van der Waals surface area contributed by atoms with Crippen molar-refractivity contribution in [3.63, 3.8) is 0 Å². The summed E-state index contributed by atoms with van der Waals surface area (Å²) in [5.74, 6) is 0.720. The van der Waals surface area contributed by atoms with Crippen LogP contribution < -0.4 is 14.8 Å². The molecule has 1 fully saturated rings. The molecule has 0 unspecified atom stereocenters. The Bertz CT molecular complexity index is 1540. The summed E-state index contributed by atoms with van der Waals surface area (Å²) < 4.78 is 78.1. The normalized spacial score (nSPS) is 13.6. The average Bonchev–Trinajstić information content (AvgIpc) is 3.67. The minimum Gasteiger partial charge on any atom is -0.480 e. The summed E-state index contributed by atoms with van der Waals surface area (Å²) in [6.45, 7) is 0.160. The third-order valence-corrected chi connectivity index (χ3v) is 6.35. The van der Waals surface area contributed by atoms with Crippen molar-refractivity contribution in [1.82, 2.24) is 34.5 Å². The summed E-state index contributed by atoms with van der Waals surface area (Å²) in [6.07, 6.45) is 0.879. The monoisotopic (exact) mass is 576 g/mol. The highest BCUT2D eigenvalue weighted by Gasteiger charge is 2.35. The summed E-state index contributed by atoms with van der Waals surface area (Å²) in [5.41, 5.74) is 0.701. The van der Waals surface area contributed by atoms with Gasteiger partial charge >= 0.3 is 12.8 Å². The van der Waals surface area contributed by atoms with Crippen LogP contribution in [0.25, 0.3) is 22.8 Å². The van der Waals surface area contributed by atoms with Crippen LogP contribution in [0.5, 0.6) is 11.6 Å². The molecule has 4 aromatic rings. The highest BCUT2D eigenvalue weighted by Crippen LogP contribution is 2.44. The van der Waals surface area contributed by atoms with Crippen LogP contribution in [0.2, 0.25) is 0 Å². The van der Waals surface area contributed by atoms with Crippen LogP contribution in [-0.2, 0) is 12.7 Å². The highest BCUT2D eigenvalue weighted by molar-refractivity contribution is 5.66. The third-order valence-electron chi connectivity index (χ3n) is 6.35. The van der Waals surface area contributed by atoms with Crippen molar-refractivity contribution in [2.75, 3.05) is 12.4 Å². The molecule has 1 aliphatic rings. The topological polar surface area (TPSA) is 113 Å². The average molecular weight is 577 g/mol. The number of anilines is 1. The molecule has 0 bridgehead atoms. The minimum atomic E-state index is -4.67. The summed E-state index contributed by atoms with van der Waals surface area (Å²) in [7, 11) is 1.48. The number of nitrogens with zero attached hydrogens (tertiary/aromatic N) is 7. The van der Waals surface area contributed by atoms with Crippen molar-refractivity contribution < 1.29 is 31.4 Å². The van der Waals surface area contributed by atoms with Crippen molar-refractivity contribution in [3.05, 3.63) is 54.0 Å². The number of rotatable bonds is 10. The Labute approximate surface area is 231 Å². The van der Waals surface area contributed by atoms with E-state index in [4.69, 9.17) is 9.47 Å². The lowest BCUT2D eigenvalue weighted by Crippen LogP contribution is -2.10. The van der Waals surface area contributed by atoms with Gasteiger partial charge in [-0.1, -0.05) is 12.1 Å². The van der Waals surface area contributed by atoms with Gasteiger partial charge in [-0.25, -0.2) is 24.9 Å². The van der Waals surface area contributed by atoms with E-state index in [0.717, 1.165) is 24.7 Å². The van der Waals surface area contributed by atoms with Gasteiger partial charge in [-0.3, -0.25) is 0 Å². The first-order valence-electron chi connectivity index (χ1n) is 12.6. The van der Waals surface area contributed by atoms with Gasteiger partial charge in [0.2, 0.25) is 11.8 Å². The van der Waals surface area contributed by atoms with Crippen molar-refractivity contribution in [1.29, 1.82) is 0 Å². The minimum absolute atomic E-state index is 0.0291. The maximum atomic E-state index is 13.3. The van der Waals surface area contributed by atoms with Gasteiger partial charge in [-0.15, -0.1) is 0 Å². The largest absolute Gasteiger partial charge is 0.480 e. The van der Waals surface area contributed by atoms with E-state index < -0.39 is 18.5 Å². The quantitative estimate of drug-likeness (QED) is 0.231. The molecule has 1 saturated carbocycles. The number of ether oxygens (including phenoxy) is 2. The predicted octanol–water partition coefficient (Wildman–Crippen LogP) is 5.89. The maximum absolute atomic E-state index is 13.3. The number of methoxy groups -OCH3 is 1. The van der Waals surface area contributed by atoms with E-state index in [9.17, 15) is 22.0 Å². The second-order valence-electron chi connectivity index (χ2n) is 9.55. The molecule has 3 aromatic heterocycles. The number of benzene rings is 1. The fourth-order valence-corrected chi connectivity index (χ4v) is 4.27. The molecule has 10 nitrogen and oxygen atoms in total. The van der Waals surface area contributed by atoms with E-state index in [1.165, 1.54) is 42.5 Å². The Morgan fingerprint density at radius 1 is 1.05 bits per heavy atom. The SMILES string of the molecule is COc1ncnc(C2CC2)c1-c1ncnc(NCc2ccc(-c3nc(C(F)(F)F)cn3C(C)C)cc2OC(F)F)n1. The van der Waals surface area contributed by atoms with Gasteiger partial charge < -0.3 is 19.4 Å². The smallest absolute Gasteiger partial charge is 0.434 e. The van der Waals surface area contributed by atoms with Gasteiger partial charge in [0.25, 0.3) is 0 Å². The molecule has 216 valence electrons. The Morgan fingerprint density at radius 2 is 1.80 bits per heavy atom. The Morgan fingerprint density at radius 3 is 2.46 bits per heavy atom. The molecule has 0 amide bonds. The van der Waals surface area contributed by atoms with E-state index in [-0.39, 0.29) is 53.0 Å². The molecule has 0 spiro atoms. The van der Waals surface area contributed by atoms with Crippen LogP contribution in [0.1, 0.15) is 55.6 Å². The highest BCUT2D eigenvalue weighted by atomic mass is 19.4. The van der Waals surface area contributed by atoms with Crippen molar-refractivity contribution >= 4 is 5.95 Å². The van der Waals surface area contributed by atoms with E-state index in [2.05, 4.69) is 35.2 Å². The zero-order valence-corrected chi connectivity index (χ0v) is 22.2. The summed E-state index contributed by atoms with van der Waals surface area (Å²) in [5, 5.41) is 2.96. The maximum Gasteiger partial charge on any atom is 0.434 e. The summed E-state index contributed by atoms with van der Waals surface area (Å²) >= 11 is 0. The summed E-state index contributed by atoms with van der Waals surface area (Å²) in [4.78, 5) is 25.1. The summed E-state index contributed by atoms with van der Waals surface area (Å²) in [6, 6.07) is 3.82. The van der Waals surface area contributed by atoms with Crippen LogP contribution >= 0.6 is 0 Å². The van der Waals surface area contributed by atoms with Crippen LogP contribution in [0.4, 0.5) is 27.9 Å². The van der Waals surface area contributed by atoms with Gasteiger partial charge in [0.1, 0.15) is 29.8 Å². The molecule has 5 rings (SSSR count). The molecule has 3 heterocycles. The van der Waals surface area contributed by atoms with Gasteiger partial charge in [0.05, 0.1) is 12.8 Å². The number of aromatic nitrogens is 7. The molecule has 0 radical (unpaired) electrons. The van der Waals surface area contributed by atoms with Crippen molar-refractivity contribution in [3.8, 4) is 34.4 Å². The van der Waals surface area contributed by atoms with Gasteiger partial charge in [0.15, 0.2) is 11.5 Å². The van der Waals surface area contributed by atoms with E-state index in [1.54, 1.807) is 13.8 Å². The number of hydrogen-bond acceptors (Lipinski definition) is 9. The van der Waals surface area contributed by atoms with Crippen molar-refractivity contribution in [2.45, 2.75) is 58.0 Å². The lowest BCUT2D eigenvalue weighted by molar-refractivity contribution is -0.140. The number of imidazole rings is 1. The predicted molar refractivity (Wildman–Crippen MR) is 136 cm³/mol. The molecular formula is C26H25F5N8O2. The fraction of sp³-hybridized carbons (Fsp3) is 0.385. The van der Waals surface area contributed by atoms with Gasteiger partial charge in [0, 0.05) is 35.8 Å². The zero-order chi connectivity index (χ0) is 29.3. The molecular weight excluding hydrogens is 551 g/mol. The van der Waals surface area contributed by atoms with Crippen LogP contribution in [-0.4, -0.2) is 48.2 Å². The number of hydrogen-bond donors (Lipinski definition) is 1. The Balaban J connectivity index is 1.44. The van der Waals surface area contributed by atoms with Crippen LogP contribution in [0, 0.1) is 0 Å². The molecule has 1 N–H and O–H groups in total. The third kappa shape index (κ3) is 6.18. The van der Waals surface area contributed by atoms with Crippen molar-refractivity contribution in [2.24, 2.45) is 0 Å². The molecule has 41 heavy (non-hydrogen) atoms. The molecule has 15 heteroatoms. The molecule has 0 atom stereocenters. The lowest BCUT2D eigenvalue weighted by atomic mass is 10.1. The second-order valence-corrected chi connectivity index (χ2v) is 9.55. The number of nitrogens with one attached hydrogen (secondary N) is 1. The molecule has 0 saturated heterocycles. The van der Waals surface area contributed by atoms with E-state index in [1.807, 2.05) is 0 Å². The number of halogens is 5. The first-order chi connectivity index (χ1) is 19.5. The van der Waals surface area contributed by atoms with Gasteiger partial charge in [-0.2, -0.15) is 26.9 Å². The first-order valence-corrected chi connectivity index (χ1v) is 12.6. The van der Waals surface area contributed by atoms with E-state index in [0.29, 0.717) is 11.4 Å². The molecule has 1 aromatic carbocycles. The Kier molecular flexibility index (Phi) is 7.69. The standard InChI is InChI=1S/C26H25F5N8O2/c1-13(2)39-10-18(26(29,30)31)37-22(39)15-6-7-16(17(8-15)41-24(27)28)9-32-25-36-12-34-21(38-25)19-20(14-4-5-14)33-11-35-23(19)40-3/h6-8,10-14,24H,4-5,9H2,1-3H3,(H,32,34,36,38). The zero-order valence-electron chi connectivity index (χ0n) is 22.2. The second kappa shape index (κ2) is 11.2. The van der Waals surface area contributed by atoms with E-state index >= 15 is 0 Å². The van der Waals surface area contributed by atoms with Crippen LogP contribution in [0.15, 0.2) is 37.1 Å². The fourth-order valence-electron chi connectivity index (χ4n) is 4.27.